The molecule has 1 amide bonds. The number of H-pyrrole nitrogens is 1. The fraction of sp³-hybridized carbons (Fsp3) is 0.300. The highest BCUT2D eigenvalue weighted by Gasteiger charge is 2.35. The summed E-state index contributed by atoms with van der Waals surface area (Å²) in [5, 5.41) is 18.7. The number of aromatic nitrogens is 6. The number of nitrogens with zero attached hydrogens (tertiary/aromatic N) is 7. The number of anilines is 1. The topological polar surface area (TPSA) is 108 Å². The Bertz CT molecular complexity index is 1790. The summed E-state index contributed by atoms with van der Waals surface area (Å²) >= 11 is 0. The van der Waals surface area contributed by atoms with Crippen LogP contribution in [0.5, 0.6) is 0 Å². The lowest BCUT2D eigenvalue weighted by atomic mass is 10.0. The molecule has 0 bridgehead atoms. The number of nitrogens with one attached hydrogen (secondary N) is 2. The molecule has 0 saturated carbocycles. The summed E-state index contributed by atoms with van der Waals surface area (Å²) in [6.07, 6.45) is 1.41. The molecule has 13 heteroatoms. The average molecular weight is 590 g/mol. The molecule has 1 fully saturated rings. The van der Waals surface area contributed by atoms with Crippen molar-refractivity contribution in [3.63, 3.8) is 0 Å². The van der Waals surface area contributed by atoms with Crippen molar-refractivity contribution in [2.24, 2.45) is 0 Å². The number of aromatic amines is 1. The van der Waals surface area contributed by atoms with Gasteiger partial charge in [0.05, 0.1) is 23.6 Å². The summed E-state index contributed by atoms with van der Waals surface area (Å²) in [7, 11) is 3.96. The average Bonchev–Trinajstić information content (AvgIpc) is 3.74. The van der Waals surface area contributed by atoms with Crippen LogP contribution in [0.4, 0.5) is 18.9 Å². The van der Waals surface area contributed by atoms with Crippen LogP contribution in [-0.4, -0.2) is 79.1 Å². The SMILES string of the molecule is Cc1ccc(C(=O)Nc2ccc(CN3CC[C@H](N(C)C)C3)c(C(F)(F)F)c2)cc1-n1cc(-c2cnc3[nH]ncc3c2)nn1. The van der Waals surface area contributed by atoms with Crippen molar-refractivity contribution in [3.05, 3.63) is 83.3 Å². The van der Waals surface area contributed by atoms with E-state index in [0.29, 0.717) is 29.6 Å². The number of aryl methyl sites for hydroxylation is 1. The highest BCUT2D eigenvalue weighted by Crippen LogP contribution is 2.35. The van der Waals surface area contributed by atoms with Gasteiger partial charge in [-0.2, -0.15) is 18.3 Å². The van der Waals surface area contributed by atoms with Crippen LogP contribution in [-0.2, 0) is 12.7 Å². The summed E-state index contributed by atoms with van der Waals surface area (Å²) < 4.78 is 43.8. The zero-order chi connectivity index (χ0) is 30.3. The molecule has 2 N–H and O–H groups in total. The van der Waals surface area contributed by atoms with E-state index in [-0.39, 0.29) is 23.4 Å². The number of hydrogen-bond acceptors (Lipinski definition) is 7. The van der Waals surface area contributed by atoms with E-state index in [0.717, 1.165) is 35.5 Å². The summed E-state index contributed by atoms with van der Waals surface area (Å²) in [5.41, 5.74) is 3.20. The van der Waals surface area contributed by atoms with Gasteiger partial charge in [-0.1, -0.05) is 17.3 Å². The summed E-state index contributed by atoms with van der Waals surface area (Å²) in [5.74, 6) is -0.537. The molecule has 3 aromatic heterocycles. The summed E-state index contributed by atoms with van der Waals surface area (Å²) in [6.45, 7) is 3.51. The molecule has 0 spiro atoms. The zero-order valence-electron chi connectivity index (χ0n) is 23.9. The number of rotatable bonds is 7. The van der Waals surface area contributed by atoms with Gasteiger partial charge in [-0.3, -0.25) is 14.8 Å². The molecule has 0 radical (unpaired) electrons. The molecule has 10 nitrogen and oxygen atoms in total. The number of benzene rings is 2. The Balaban J connectivity index is 1.21. The largest absolute Gasteiger partial charge is 0.416 e. The first-order valence-corrected chi connectivity index (χ1v) is 13.8. The Morgan fingerprint density at radius 2 is 1.98 bits per heavy atom. The van der Waals surface area contributed by atoms with Gasteiger partial charge in [0.1, 0.15) is 5.69 Å². The smallest absolute Gasteiger partial charge is 0.322 e. The van der Waals surface area contributed by atoms with E-state index in [4.69, 9.17) is 0 Å². The van der Waals surface area contributed by atoms with Crippen LogP contribution >= 0.6 is 0 Å². The molecule has 1 saturated heterocycles. The first kappa shape index (κ1) is 28.5. The summed E-state index contributed by atoms with van der Waals surface area (Å²) in [6, 6.07) is 11.2. The van der Waals surface area contributed by atoms with Gasteiger partial charge in [0.2, 0.25) is 0 Å². The van der Waals surface area contributed by atoms with Gasteiger partial charge in [0.15, 0.2) is 5.65 Å². The van der Waals surface area contributed by atoms with E-state index in [1.54, 1.807) is 41.5 Å². The van der Waals surface area contributed by atoms with Crippen LogP contribution in [0.3, 0.4) is 0 Å². The van der Waals surface area contributed by atoms with E-state index in [9.17, 15) is 18.0 Å². The lowest BCUT2D eigenvalue weighted by Gasteiger charge is -2.22. The van der Waals surface area contributed by atoms with E-state index in [1.165, 1.54) is 12.1 Å². The number of likely N-dealkylation sites (N-methyl/N-ethyl adjacent to an activating group) is 1. The predicted octanol–water partition coefficient (Wildman–Crippen LogP) is 4.92. The van der Waals surface area contributed by atoms with Crippen molar-refractivity contribution in [3.8, 4) is 16.9 Å². The fourth-order valence-electron chi connectivity index (χ4n) is 5.37. The third kappa shape index (κ3) is 5.99. The number of hydrogen-bond donors (Lipinski definition) is 2. The molecule has 4 heterocycles. The minimum atomic E-state index is -4.56. The molecule has 1 aliphatic rings. The maximum Gasteiger partial charge on any atom is 0.416 e. The first-order valence-electron chi connectivity index (χ1n) is 13.8. The van der Waals surface area contributed by atoms with Crippen molar-refractivity contribution >= 4 is 22.6 Å². The second-order valence-electron chi connectivity index (χ2n) is 11.0. The van der Waals surface area contributed by atoms with Gasteiger partial charge < -0.3 is 10.2 Å². The predicted molar refractivity (Wildman–Crippen MR) is 156 cm³/mol. The Morgan fingerprint density at radius 3 is 2.74 bits per heavy atom. The number of fused-ring (bicyclic) bond motifs is 1. The van der Waals surface area contributed by atoms with E-state index < -0.39 is 17.6 Å². The van der Waals surface area contributed by atoms with Crippen LogP contribution in [0.15, 0.2) is 61.1 Å². The van der Waals surface area contributed by atoms with Crippen molar-refractivity contribution in [2.45, 2.75) is 32.1 Å². The lowest BCUT2D eigenvalue weighted by Crippen LogP contribution is -2.31. The van der Waals surface area contributed by atoms with Gasteiger partial charge in [0, 0.05) is 54.1 Å². The van der Waals surface area contributed by atoms with Gasteiger partial charge in [-0.05, 0) is 68.9 Å². The molecule has 1 atom stereocenters. The maximum atomic E-state index is 14.1. The van der Waals surface area contributed by atoms with Crippen LogP contribution in [0.1, 0.15) is 33.5 Å². The minimum Gasteiger partial charge on any atom is -0.322 e. The molecule has 1 aliphatic heterocycles. The molecular weight excluding hydrogens is 559 g/mol. The quantitative estimate of drug-likeness (QED) is 0.278. The number of pyridine rings is 1. The van der Waals surface area contributed by atoms with Gasteiger partial charge in [-0.15, -0.1) is 5.10 Å². The van der Waals surface area contributed by atoms with E-state index in [2.05, 4.69) is 35.7 Å². The number of halogens is 3. The molecule has 222 valence electrons. The Labute approximate surface area is 245 Å². The summed E-state index contributed by atoms with van der Waals surface area (Å²) in [4.78, 5) is 21.7. The molecular formula is C30H30F3N9O. The molecule has 6 rings (SSSR count). The Morgan fingerprint density at radius 1 is 1.14 bits per heavy atom. The lowest BCUT2D eigenvalue weighted by molar-refractivity contribution is -0.138. The third-order valence-electron chi connectivity index (χ3n) is 7.84. The zero-order valence-corrected chi connectivity index (χ0v) is 23.9. The number of likely N-dealkylation sites (tertiary alicyclic amines) is 1. The molecule has 5 aromatic rings. The monoisotopic (exact) mass is 589 g/mol. The molecule has 43 heavy (non-hydrogen) atoms. The van der Waals surface area contributed by atoms with Crippen molar-refractivity contribution in [1.82, 2.24) is 40.0 Å². The number of carbonyl (C=O) groups excluding carboxylic acids is 1. The van der Waals surface area contributed by atoms with Gasteiger partial charge >= 0.3 is 6.18 Å². The van der Waals surface area contributed by atoms with Crippen LogP contribution in [0.25, 0.3) is 28.0 Å². The standard InChI is InChI=1S/C30H30F3N9O/c1-18-4-5-19(11-27(18)42-17-26(37-39-42)21-10-22-14-35-38-28(22)34-13-21)29(43)36-23-7-6-20(25(12-23)30(31,32)33)15-41-9-8-24(16-41)40(2)3/h4-7,10-14,17,24H,8-9,15-16H2,1-3H3,(H,36,43)(H,34,35,38)/t24-/m0/s1. The molecule has 0 unspecified atom stereocenters. The minimum absolute atomic E-state index is 0.0703. The normalized spacial score (nSPS) is 15.9. The third-order valence-corrected chi connectivity index (χ3v) is 7.84. The van der Waals surface area contributed by atoms with Crippen molar-refractivity contribution in [2.75, 3.05) is 32.5 Å². The van der Waals surface area contributed by atoms with Crippen LogP contribution < -0.4 is 5.32 Å². The second kappa shape index (κ2) is 11.2. The number of amides is 1. The van der Waals surface area contributed by atoms with Crippen LogP contribution in [0, 0.1) is 6.92 Å². The number of carbonyl (C=O) groups is 1. The Kier molecular flexibility index (Phi) is 7.44. The highest BCUT2D eigenvalue weighted by atomic mass is 19.4. The van der Waals surface area contributed by atoms with Crippen molar-refractivity contribution in [1.29, 1.82) is 0 Å². The van der Waals surface area contributed by atoms with E-state index >= 15 is 0 Å². The van der Waals surface area contributed by atoms with Crippen LogP contribution in [0.2, 0.25) is 0 Å². The van der Waals surface area contributed by atoms with Gasteiger partial charge in [0.25, 0.3) is 5.91 Å². The molecule has 2 aromatic carbocycles. The highest BCUT2D eigenvalue weighted by molar-refractivity contribution is 6.04. The fourth-order valence-corrected chi connectivity index (χ4v) is 5.37. The number of alkyl halides is 3. The Hall–Kier alpha value is -4.62. The second-order valence-corrected chi connectivity index (χ2v) is 11.0. The maximum absolute atomic E-state index is 14.1. The van der Waals surface area contributed by atoms with E-state index in [1.807, 2.05) is 32.0 Å². The first-order chi connectivity index (χ1) is 20.5. The van der Waals surface area contributed by atoms with Crippen molar-refractivity contribution < 1.29 is 18.0 Å². The molecule has 0 aliphatic carbocycles. The van der Waals surface area contributed by atoms with Gasteiger partial charge in [-0.25, -0.2) is 9.67 Å².